The van der Waals surface area contributed by atoms with Crippen molar-refractivity contribution >= 4 is 5.97 Å². The molecule has 1 aromatic rings. The molecule has 0 aliphatic heterocycles. The average Bonchev–Trinajstić information content (AvgIpc) is 2.73. The monoisotopic (exact) mass is 255 g/mol. The van der Waals surface area contributed by atoms with Crippen LogP contribution in [-0.2, 0) is 16.1 Å². The van der Waals surface area contributed by atoms with E-state index in [-0.39, 0.29) is 6.54 Å². The topological polar surface area (TPSA) is 67.6 Å². The average molecular weight is 255 g/mol. The molecule has 102 valence electrons. The number of methoxy groups -OCH3 is 1. The Morgan fingerprint density at radius 1 is 1.61 bits per heavy atom. The summed E-state index contributed by atoms with van der Waals surface area (Å²) in [4.78, 5) is 12.6. The summed E-state index contributed by atoms with van der Waals surface area (Å²) >= 11 is 0. The fourth-order valence-electron chi connectivity index (χ4n) is 1.63. The third-order valence-electron chi connectivity index (χ3n) is 2.56. The van der Waals surface area contributed by atoms with Crippen LogP contribution in [0.3, 0.4) is 0 Å². The van der Waals surface area contributed by atoms with Crippen LogP contribution in [-0.4, -0.2) is 52.6 Å². The van der Waals surface area contributed by atoms with Gasteiger partial charge in [-0.1, -0.05) is 0 Å². The van der Waals surface area contributed by atoms with Gasteiger partial charge in [0.15, 0.2) is 0 Å². The predicted molar refractivity (Wildman–Crippen MR) is 67.4 cm³/mol. The number of carboxylic acid groups (broad SMARTS) is 1. The summed E-state index contributed by atoms with van der Waals surface area (Å²) in [5, 5.41) is 13.1. The summed E-state index contributed by atoms with van der Waals surface area (Å²) in [6.07, 6.45) is 3.73. The predicted octanol–water partition coefficient (Wildman–Crippen LogP) is 0.997. The van der Waals surface area contributed by atoms with Crippen molar-refractivity contribution in [1.29, 1.82) is 0 Å². The third kappa shape index (κ3) is 4.85. The van der Waals surface area contributed by atoms with Crippen molar-refractivity contribution in [1.82, 2.24) is 14.7 Å². The lowest BCUT2D eigenvalue weighted by Gasteiger charge is -2.18. The highest BCUT2D eigenvalue weighted by atomic mass is 16.5. The fraction of sp³-hybridized carbons (Fsp3) is 0.667. The van der Waals surface area contributed by atoms with E-state index in [0.717, 1.165) is 5.56 Å². The molecule has 1 aromatic heterocycles. The highest BCUT2D eigenvalue weighted by molar-refractivity contribution is 5.69. The Bertz CT molecular complexity index is 376. The summed E-state index contributed by atoms with van der Waals surface area (Å²) in [6.45, 7) is 5.80. The molecule has 6 nitrogen and oxygen atoms in total. The largest absolute Gasteiger partial charge is 0.480 e. The highest BCUT2D eigenvalue weighted by Gasteiger charge is 2.11. The number of carboxylic acids is 1. The van der Waals surface area contributed by atoms with Gasteiger partial charge in [-0.3, -0.25) is 14.4 Å². The molecule has 0 fully saturated rings. The first kappa shape index (κ1) is 14.7. The normalized spacial score (nSPS) is 11.4. The Morgan fingerprint density at radius 3 is 2.83 bits per heavy atom. The standard InChI is InChI=1S/C12H21N3O3/c1-10(2)15-8-11(6-13-15)7-14(4-5-18-3)9-12(16)17/h6,8,10H,4-5,7,9H2,1-3H3,(H,16,17). The maximum absolute atomic E-state index is 10.8. The van der Waals surface area contributed by atoms with E-state index in [9.17, 15) is 4.79 Å². The van der Waals surface area contributed by atoms with Gasteiger partial charge in [0, 0.05) is 38.0 Å². The smallest absolute Gasteiger partial charge is 0.317 e. The number of aromatic nitrogens is 2. The molecule has 6 heteroatoms. The zero-order valence-corrected chi connectivity index (χ0v) is 11.2. The first-order valence-corrected chi connectivity index (χ1v) is 5.99. The number of nitrogens with zero attached hydrogens (tertiary/aromatic N) is 3. The van der Waals surface area contributed by atoms with Crippen LogP contribution in [0.1, 0.15) is 25.5 Å². The van der Waals surface area contributed by atoms with Crippen LogP contribution >= 0.6 is 0 Å². The zero-order chi connectivity index (χ0) is 13.5. The van der Waals surface area contributed by atoms with E-state index in [1.807, 2.05) is 15.8 Å². The molecule has 0 saturated carbocycles. The summed E-state index contributed by atoms with van der Waals surface area (Å²) < 4.78 is 6.85. The molecule has 0 aromatic carbocycles. The fourth-order valence-corrected chi connectivity index (χ4v) is 1.63. The van der Waals surface area contributed by atoms with Gasteiger partial charge in [0.25, 0.3) is 0 Å². The second-order valence-corrected chi connectivity index (χ2v) is 4.52. The van der Waals surface area contributed by atoms with E-state index >= 15 is 0 Å². The number of aliphatic carboxylic acids is 1. The highest BCUT2D eigenvalue weighted by Crippen LogP contribution is 2.08. The van der Waals surface area contributed by atoms with Crippen molar-refractivity contribution in [3.05, 3.63) is 18.0 Å². The van der Waals surface area contributed by atoms with Crippen LogP contribution in [0.2, 0.25) is 0 Å². The molecule has 0 saturated heterocycles. The third-order valence-corrected chi connectivity index (χ3v) is 2.56. The van der Waals surface area contributed by atoms with E-state index < -0.39 is 5.97 Å². The summed E-state index contributed by atoms with van der Waals surface area (Å²) in [6, 6.07) is 0.311. The van der Waals surface area contributed by atoms with Crippen LogP contribution in [0, 0.1) is 0 Å². The van der Waals surface area contributed by atoms with Crippen molar-refractivity contribution in [2.75, 3.05) is 26.8 Å². The number of rotatable bonds is 8. The molecule has 0 aliphatic carbocycles. The van der Waals surface area contributed by atoms with Crippen molar-refractivity contribution in [2.24, 2.45) is 0 Å². The minimum Gasteiger partial charge on any atom is -0.480 e. The van der Waals surface area contributed by atoms with Gasteiger partial charge in [-0.05, 0) is 13.8 Å². The van der Waals surface area contributed by atoms with Gasteiger partial charge < -0.3 is 9.84 Å². The van der Waals surface area contributed by atoms with E-state index in [1.165, 1.54) is 0 Å². The summed E-state index contributed by atoms with van der Waals surface area (Å²) in [5.74, 6) is -0.831. The second-order valence-electron chi connectivity index (χ2n) is 4.52. The van der Waals surface area contributed by atoms with E-state index in [0.29, 0.717) is 25.7 Å². The van der Waals surface area contributed by atoms with Crippen LogP contribution in [0.4, 0.5) is 0 Å². The molecule has 0 spiro atoms. The van der Waals surface area contributed by atoms with Gasteiger partial charge in [-0.25, -0.2) is 0 Å². The first-order valence-electron chi connectivity index (χ1n) is 5.99. The first-order chi connectivity index (χ1) is 8.52. The van der Waals surface area contributed by atoms with Gasteiger partial charge in [-0.15, -0.1) is 0 Å². The van der Waals surface area contributed by atoms with Crippen LogP contribution < -0.4 is 0 Å². The van der Waals surface area contributed by atoms with E-state index in [4.69, 9.17) is 9.84 Å². The SMILES string of the molecule is COCCN(CC(=O)O)Cc1cnn(C(C)C)c1. The number of hydrogen-bond acceptors (Lipinski definition) is 4. The molecule has 1 rings (SSSR count). The molecular weight excluding hydrogens is 234 g/mol. The lowest BCUT2D eigenvalue weighted by Crippen LogP contribution is -2.32. The van der Waals surface area contributed by atoms with Crippen molar-refractivity contribution in [3.8, 4) is 0 Å². The number of ether oxygens (including phenoxy) is 1. The summed E-state index contributed by atoms with van der Waals surface area (Å²) in [7, 11) is 1.61. The zero-order valence-electron chi connectivity index (χ0n) is 11.2. The molecule has 18 heavy (non-hydrogen) atoms. The van der Waals surface area contributed by atoms with E-state index in [1.54, 1.807) is 13.3 Å². The van der Waals surface area contributed by atoms with Crippen molar-refractivity contribution in [2.45, 2.75) is 26.4 Å². The molecule has 0 amide bonds. The van der Waals surface area contributed by atoms with Crippen LogP contribution in [0.25, 0.3) is 0 Å². The Kier molecular flexibility index (Phi) is 5.80. The minimum absolute atomic E-state index is 0.0101. The van der Waals surface area contributed by atoms with Crippen molar-refractivity contribution < 1.29 is 14.6 Å². The van der Waals surface area contributed by atoms with Gasteiger partial charge in [0.2, 0.25) is 0 Å². The molecule has 1 N–H and O–H groups in total. The van der Waals surface area contributed by atoms with Gasteiger partial charge >= 0.3 is 5.97 Å². The number of hydrogen-bond donors (Lipinski definition) is 1. The Hall–Kier alpha value is -1.40. The van der Waals surface area contributed by atoms with Gasteiger partial charge in [-0.2, -0.15) is 5.10 Å². The van der Waals surface area contributed by atoms with Crippen LogP contribution in [0.5, 0.6) is 0 Å². The molecule has 0 radical (unpaired) electrons. The maximum Gasteiger partial charge on any atom is 0.317 e. The van der Waals surface area contributed by atoms with Gasteiger partial charge in [0.05, 0.1) is 19.3 Å². The molecule has 1 heterocycles. The second kappa shape index (κ2) is 7.13. The molecule has 0 atom stereocenters. The Morgan fingerprint density at radius 2 is 2.33 bits per heavy atom. The lowest BCUT2D eigenvalue weighted by atomic mass is 10.3. The van der Waals surface area contributed by atoms with Crippen LogP contribution in [0.15, 0.2) is 12.4 Å². The quantitative estimate of drug-likeness (QED) is 0.750. The molecule has 0 unspecified atom stereocenters. The lowest BCUT2D eigenvalue weighted by molar-refractivity contribution is -0.138. The Balaban J connectivity index is 2.59. The molecule has 0 bridgehead atoms. The van der Waals surface area contributed by atoms with E-state index in [2.05, 4.69) is 18.9 Å². The minimum atomic E-state index is -0.831. The Labute approximate surface area is 107 Å². The summed E-state index contributed by atoms with van der Waals surface area (Å²) in [5.41, 5.74) is 1.01. The molecule has 0 aliphatic rings. The van der Waals surface area contributed by atoms with Gasteiger partial charge in [0.1, 0.15) is 0 Å². The van der Waals surface area contributed by atoms with Crippen molar-refractivity contribution in [3.63, 3.8) is 0 Å². The molecular formula is C12H21N3O3. The number of carbonyl (C=O) groups is 1. The maximum atomic E-state index is 10.8.